The van der Waals surface area contributed by atoms with Crippen molar-refractivity contribution in [2.24, 2.45) is 5.92 Å². The highest BCUT2D eigenvalue weighted by Crippen LogP contribution is 2.16. The summed E-state index contributed by atoms with van der Waals surface area (Å²) in [5, 5.41) is 11.9. The molecule has 5 nitrogen and oxygen atoms in total. The maximum absolute atomic E-state index is 10.5. The lowest BCUT2D eigenvalue weighted by Gasteiger charge is -2.11. The van der Waals surface area contributed by atoms with Gasteiger partial charge in [-0.15, -0.1) is 0 Å². The van der Waals surface area contributed by atoms with Crippen LogP contribution in [0.15, 0.2) is 24.5 Å². The normalized spacial score (nSPS) is 12.5. The minimum Gasteiger partial charge on any atom is -0.481 e. The highest BCUT2D eigenvalue weighted by atomic mass is 16.4. The van der Waals surface area contributed by atoms with Crippen molar-refractivity contribution in [3.8, 4) is 0 Å². The number of carboxylic acid groups (broad SMARTS) is 1. The smallest absolute Gasteiger partial charge is 0.303 e. The van der Waals surface area contributed by atoms with Crippen LogP contribution in [-0.2, 0) is 4.79 Å². The molecule has 0 amide bonds. The number of benzene rings is 1. The molecule has 90 valence electrons. The molecular weight excluding hydrogens is 218 g/mol. The Morgan fingerprint density at radius 3 is 3.18 bits per heavy atom. The van der Waals surface area contributed by atoms with Gasteiger partial charge in [-0.3, -0.25) is 4.79 Å². The van der Waals surface area contributed by atoms with E-state index in [1.165, 1.54) is 0 Å². The molecule has 1 aromatic carbocycles. The number of carboxylic acids is 1. The van der Waals surface area contributed by atoms with E-state index >= 15 is 0 Å². The molecule has 3 N–H and O–H groups in total. The molecule has 0 saturated carbocycles. The number of rotatable bonds is 5. The summed E-state index contributed by atoms with van der Waals surface area (Å²) >= 11 is 0. The van der Waals surface area contributed by atoms with Crippen molar-refractivity contribution in [1.29, 1.82) is 0 Å². The fraction of sp³-hybridized carbons (Fsp3) is 0.333. The number of aliphatic carboxylic acids is 1. The highest BCUT2D eigenvalue weighted by molar-refractivity contribution is 5.78. The van der Waals surface area contributed by atoms with Crippen molar-refractivity contribution in [3.63, 3.8) is 0 Å². The van der Waals surface area contributed by atoms with Gasteiger partial charge in [-0.1, -0.05) is 6.92 Å². The van der Waals surface area contributed by atoms with Crippen molar-refractivity contribution < 1.29 is 9.90 Å². The second-order valence-electron chi connectivity index (χ2n) is 4.22. The topological polar surface area (TPSA) is 78.0 Å². The average Bonchev–Trinajstić information content (AvgIpc) is 2.72. The van der Waals surface area contributed by atoms with Crippen LogP contribution in [0.5, 0.6) is 0 Å². The zero-order valence-corrected chi connectivity index (χ0v) is 9.60. The number of H-pyrrole nitrogens is 1. The third kappa shape index (κ3) is 2.96. The van der Waals surface area contributed by atoms with E-state index in [0.29, 0.717) is 6.54 Å². The first kappa shape index (κ1) is 11.4. The summed E-state index contributed by atoms with van der Waals surface area (Å²) in [4.78, 5) is 17.7. The number of fused-ring (bicyclic) bond motifs is 1. The predicted octanol–water partition coefficient (Wildman–Crippen LogP) is 2.09. The van der Waals surface area contributed by atoms with Gasteiger partial charge in [-0.25, -0.2) is 4.98 Å². The fourth-order valence-electron chi connectivity index (χ4n) is 1.71. The SMILES string of the molecule is CC(CNc1ccc2nc[nH]c2c1)CC(=O)O. The number of nitrogens with one attached hydrogen (secondary N) is 2. The van der Waals surface area contributed by atoms with E-state index in [2.05, 4.69) is 15.3 Å². The number of imidazole rings is 1. The molecule has 0 fully saturated rings. The molecule has 1 heterocycles. The van der Waals surface area contributed by atoms with Crippen LogP contribution in [0.3, 0.4) is 0 Å². The van der Waals surface area contributed by atoms with Gasteiger partial charge in [0.05, 0.1) is 17.4 Å². The minimum absolute atomic E-state index is 0.102. The number of hydrogen-bond donors (Lipinski definition) is 3. The maximum Gasteiger partial charge on any atom is 0.303 e. The van der Waals surface area contributed by atoms with Gasteiger partial charge in [0.1, 0.15) is 0 Å². The van der Waals surface area contributed by atoms with E-state index in [1.54, 1.807) is 6.33 Å². The molecule has 5 heteroatoms. The van der Waals surface area contributed by atoms with Crippen LogP contribution in [0.1, 0.15) is 13.3 Å². The number of carbonyl (C=O) groups is 1. The third-order valence-electron chi connectivity index (χ3n) is 2.60. The first-order valence-corrected chi connectivity index (χ1v) is 5.54. The second kappa shape index (κ2) is 4.86. The molecule has 1 unspecified atom stereocenters. The standard InChI is InChI=1S/C12H15N3O2/c1-8(4-12(16)17)6-13-9-2-3-10-11(5-9)15-7-14-10/h2-3,5,7-8,13H,4,6H2,1H3,(H,14,15)(H,16,17). The Hall–Kier alpha value is -2.04. The van der Waals surface area contributed by atoms with E-state index in [4.69, 9.17) is 5.11 Å². The van der Waals surface area contributed by atoms with Crippen molar-refractivity contribution in [1.82, 2.24) is 9.97 Å². The molecule has 0 aliphatic rings. The monoisotopic (exact) mass is 233 g/mol. The molecule has 17 heavy (non-hydrogen) atoms. The van der Waals surface area contributed by atoms with Gasteiger partial charge in [0.2, 0.25) is 0 Å². The second-order valence-corrected chi connectivity index (χ2v) is 4.22. The largest absolute Gasteiger partial charge is 0.481 e. The minimum atomic E-state index is -0.761. The summed E-state index contributed by atoms with van der Waals surface area (Å²) in [6.07, 6.45) is 1.83. The fourth-order valence-corrected chi connectivity index (χ4v) is 1.71. The van der Waals surface area contributed by atoms with Crippen LogP contribution in [0.4, 0.5) is 5.69 Å². The summed E-state index contributed by atoms with van der Waals surface area (Å²) in [6.45, 7) is 2.56. The van der Waals surface area contributed by atoms with Gasteiger partial charge in [0.25, 0.3) is 0 Å². The summed E-state index contributed by atoms with van der Waals surface area (Å²) in [7, 11) is 0. The Bertz CT molecular complexity index is 521. The zero-order valence-electron chi connectivity index (χ0n) is 9.60. The molecule has 0 aliphatic carbocycles. The van der Waals surface area contributed by atoms with Crippen LogP contribution in [0.25, 0.3) is 11.0 Å². The van der Waals surface area contributed by atoms with Crippen LogP contribution >= 0.6 is 0 Å². The number of hydrogen-bond acceptors (Lipinski definition) is 3. The van der Waals surface area contributed by atoms with Crippen molar-refractivity contribution >= 4 is 22.7 Å². The first-order valence-electron chi connectivity index (χ1n) is 5.54. The quantitative estimate of drug-likeness (QED) is 0.738. The average molecular weight is 233 g/mol. The van der Waals surface area contributed by atoms with Crippen molar-refractivity contribution in [2.75, 3.05) is 11.9 Å². The van der Waals surface area contributed by atoms with Crippen molar-refractivity contribution in [2.45, 2.75) is 13.3 Å². The summed E-state index contributed by atoms with van der Waals surface area (Å²) in [5.41, 5.74) is 2.87. The van der Waals surface area contributed by atoms with Gasteiger partial charge in [-0.05, 0) is 24.1 Å². The summed E-state index contributed by atoms with van der Waals surface area (Å²) in [5.74, 6) is -0.659. The van der Waals surface area contributed by atoms with E-state index in [1.807, 2.05) is 25.1 Å². The van der Waals surface area contributed by atoms with E-state index in [9.17, 15) is 4.79 Å². The molecule has 0 saturated heterocycles. The molecule has 0 bridgehead atoms. The molecule has 2 rings (SSSR count). The van der Waals surface area contributed by atoms with E-state index in [-0.39, 0.29) is 12.3 Å². The van der Waals surface area contributed by atoms with Crippen LogP contribution < -0.4 is 5.32 Å². The summed E-state index contributed by atoms with van der Waals surface area (Å²) < 4.78 is 0. The van der Waals surface area contributed by atoms with E-state index in [0.717, 1.165) is 16.7 Å². The van der Waals surface area contributed by atoms with Gasteiger partial charge < -0.3 is 15.4 Å². The Balaban J connectivity index is 1.96. The van der Waals surface area contributed by atoms with Crippen LogP contribution in [-0.4, -0.2) is 27.6 Å². The molecule has 0 radical (unpaired) electrons. The molecule has 2 aromatic rings. The third-order valence-corrected chi connectivity index (χ3v) is 2.60. The van der Waals surface area contributed by atoms with Crippen LogP contribution in [0, 0.1) is 5.92 Å². The highest BCUT2D eigenvalue weighted by Gasteiger charge is 2.07. The first-order chi connectivity index (χ1) is 8.15. The van der Waals surface area contributed by atoms with Crippen LogP contribution in [0.2, 0.25) is 0 Å². The lowest BCUT2D eigenvalue weighted by molar-refractivity contribution is -0.137. The Morgan fingerprint density at radius 1 is 1.59 bits per heavy atom. The molecule has 0 spiro atoms. The van der Waals surface area contributed by atoms with Gasteiger partial charge in [0.15, 0.2) is 0 Å². The van der Waals surface area contributed by atoms with Crippen molar-refractivity contribution in [3.05, 3.63) is 24.5 Å². The number of aromatic nitrogens is 2. The Morgan fingerprint density at radius 2 is 2.41 bits per heavy atom. The Labute approximate surface area is 98.9 Å². The molecule has 1 atom stereocenters. The Kier molecular flexibility index (Phi) is 3.27. The lowest BCUT2D eigenvalue weighted by atomic mass is 10.1. The number of nitrogens with zero attached hydrogens (tertiary/aromatic N) is 1. The van der Waals surface area contributed by atoms with Gasteiger partial charge in [0, 0.05) is 18.7 Å². The molecule has 1 aromatic heterocycles. The molecular formula is C12H15N3O2. The lowest BCUT2D eigenvalue weighted by Crippen LogP contribution is -2.14. The molecule has 0 aliphatic heterocycles. The summed E-state index contributed by atoms with van der Waals surface area (Å²) in [6, 6.07) is 5.84. The number of anilines is 1. The van der Waals surface area contributed by atoms with Gasteiger partial charge >= 0.3 is 5.97 Å². The van der Waals surface area contributed by atoms with E-state index < -0.39 is 5.97 Å². The zero-order chi connectivity index (χ0) is 12.3. The predicted molar refractivity (Wildman–Crippen MR) is 66.0 cm³/mol. The van der Waals surface area contributed by atoms with Gasteiger partial charge in [-0.2, -0.15) is 0 Å². The maximum atomic E-state index is 10.5. The number of aromatic amines is 1.